The number of benzene rings is 1. The van der Waals surface area contributed by atoms with Crippen molar-refractivity contribution in [3.8, 4) is 11.3 Å². The van der Waals surface area contributed by atoms with Crippen LogP contribution >= 0.6 is 0 Å². The lowest BCUT2D eigenvalue weighted by atomic mass is 9.78. The van der Waals surface area contributed by atoms with Crippen LogP contribution in [0.15, 0.2) is 30.3 Å². The summed E-state index contributed by atoms with van der Waals surface area (Å²) in [6, 6.07) is 9.37. The molecule has 2 nitrogen and oxygen atoms in total. The number of hydrogen-bond donors (Lipinski definition) is 0. The lowest BCUT2D eigenvalue weighted by Gasteiger charge is -2.28. The molecule has 26 heavy (non-hydrogen) atoms. The molecule has 3 heteroatoms. The van der Waals surface area contributed by atoms with Crippen LogP contribution in [0.3, 0.4) is 0 Å². The highest BCUT2D eigenvalue weighted by molar-refractivity contribution is 5.59. The Kier molecular flexibility index (Phi) is 6.76. The van der Waals surface area contributed by atoms with Crippen molar-refractivity contribution in [3.63, 3.8) is 0 Å². The van der Waals surface area contributed by atoms with Crippen molar-refractivity contribution < 1.29 is 4.39 Å². The molecule has 1 aliphatic carbocycles. The van der Waals surface area contributed by atoms with Gasteiger partial charge >= 0.3 is 0 Å². The zero-order valence-corrected chi connectivity index (χ0v) is 16.2. The minimum atomic E-state index is -0.158. The van der Waals surface area contributed by atoms with Gasteiger partial charge in [-0.25, -0.2) is 4.39 Å². The van der Waals surface area contributed by atoms with Gasteiger partial charge in [-0.3, -0.25) is 0 Å². The molecule has 0 amide bonds. The number of aromatic nitrogens is 2. The summed E-state index contributed by atoms with van der Waals surface area (Å²) >= 11 is 0. The smallest absolute Gasteiger partial charge is 0.127 e. The summed E-state index contributed by atoms with van der Waals surface area (Å²) in [5.74, 6) is 1.66. The molecule has 0 bridgehead atoms. The monoisotopic (exact) mass is 354 g/mol. The van der Waals surface area contributed by atoms with E-state index in [0.29, 0.717) is 6.42 Å². The first-order chi connectivity index (χ1) is 12.7. The Morgan fingerprint density at radius 3 is 2.23 bits per heavy atom. The average Bonchev–Trinajstić information content (AvgIpc) is 2.68. The normalized spacial score (nSPS) is 20.3. The Morgan fingerprint density at radius 1 is 0.923 bits per heavy atom. The van der Waals surface area contributed by atoms with E-state index >= 15 is 0 Å². The summed E-state index contributed by atoms with van der Waals surface area (Å²) in [5, 5.41) is 8.71. The topological polar surface area (TPSA) is 25.8 Å². The Labute approximate surface area is 157 Å². The molecular weight excluding hydrogens is 323 g/mol. The second-order valence-corrected chi connectivity index (χ2v) is 7.78. The zero-order valence-electron chi connectivity index (χ0n) is 16.2. The largest absolute Gasteiger partial charge is 0.207 e. The SMILES string of the molecule is CCCC1CCC(CCc2ccc(-c3ccc(CC)c(F)c3)nn2)CC1. The summed E-state index contributed by atoms with van der Waals surface area (Å²) < 4.78 is 14.0. The minimum Gasteiger partial charge on any atom is -0.207 e. The molecule has 1 heterocycles. The molecule has 3 rings (SSSR count). The third-order valence-electron chi connectivity index (χ3n) is 5.92. The van der Waals surface area contributed by atoms with Crippen molar-refractivity contribution in [2.45, 2.75) is 71.6 Å². The Balaban J connectivity index is 1.53. The van der Waals surface area contributed by atoms with E-state index in [1.54, 1.807) is 6.07 Å². The van der Waals surface area contributed by atoms with Crippen LogP contribution in [0.4, 0.5) is 4.39 Å². The first-order valence-corrected chi connectivity index (χ1v) is 10.3. The van der Waals surface area contributed by atoms with Gasteiger partial charge in [0.1, 0.15) is 5.82 Å². The van der Waals surface area contributed by atoms with E-state index < -0.39 is 0 Å². The molecule has 1 aliphatic rings. The van der Waals surface area contributed by atoms with E-state index in [1.165, 1.54) is 44.9 Å². The van der Waals surface area contributed by atoms with Crippen molar-refractivity contribution in [1.82, 2.24) is 10.2 Å². The van der Waals surface area contributed by atoms with Crippen LogP contribution in [0.1, 0.15) is 70.1 Å². The maximum atomic E-state index is 14.0. The van der Waals surface area contributed by atoms with Crippen LogP contribution < -0.4 is 0 Å². The lowest BCUT2D eigenvalue weighted by molar-refractivity contribution is 0.252. The molecule has 1 aromatic heterocycles. The fourth-order valence-corrected chi connectivity index (χ4v) is 4.21. The molecular formula is C23H31FN2. The summed E-state index contributed by atoms with van der Waals surface area (Å²) in [5.41, 5.74) is 3.34. The van der Waals surface area contributed by atoms with Crippen molar-refractivity contribution >= 4 is 0 Å². The first kappa shape index (κ1) is 19.0. The first-order valence-electron chi connectivity index (χ1n) is 10.3. The Bertz CT molecular complexity index is 688. The summed E-state index contributed by atoms with van der Waals surface area (Å²) in [6.07, 6.45) is 11.2. The number of aryl methyl sites for hydroxylation is 2. The van der Waals surface area contributed by atoms with E-state index in [-0.39, 0.29) is 5.82 Å². The van der Waals surface area contributed by atoms with Crippen molar-refractivity contribution in [3.05, 3.63) is 47.4 Å². The highest BCUT2D eigenvalue weighted by atomic mass is 19.1. The van der Waals surface area contributed by atoms with Gasteiger partial charge in [0.05, 0.1) is 11.4 Å². The number of halogens is 1. The van der Waals surface area contributed by atoms with E-state index in [1.807, 2.05) is 25.1 Å². The van der Waals surface area contributed by atoms with Crippen molar-refractivity contribution in [1.29, 1.82) is 0 Å². The van der Waals surface area contributed by atoms with Gasteiger partial charge in [0, 0.05) is 5.56 Å². The van der Waals surface area contributed by atoms with Gasteiger partial charge < -0.3 is 0 Å². The van der Waals surface area contributed by atoms with E-state index in [0.717, 1.165) is 40.8 Å². The maximum Gasteiger partial charge on any atom is 0.127 e. The fourth-order valence-electron chi connectivity index (χ4n) is 4.21. The minimum absolute atomic E-state index is 0.158. The molecule has 0 aliphatic heterocycles. The molecule has 1 aromatic carbocycles. The summed E-state index contributed by atoms with van der Waals surface area (Å²) in [4.78, 5) is 0. The second-order valence-electron chi connectivity index (χ2n) is 7.78. The van der Waals surface area contributed by atoms with E-state index in [2.05, 4.69) is 23.2 Å². The van der Waals surface area contributed by atoms with E-state index in [9.17, 15) is 4.39 Å². The second kappa shape index (κ2) is 9.25. The van der Waals surface area contributed by atoms with Crippen LogP contribution in [0.5, 0.6) is 0 Å². The van der Waals surface area contributed by atoms with Gasteiger partial charge in [0.25, 0.3) is 0 Å². The van der Waals surface area contributed by atoms with Crippen LogP contribution in [-0.4, -0.2) is 10.2 Å². The molecule has 0 saturated heterocycles. The Morgan fingerprint density at radius 2 is 1.65 bits per heavy atom. The van der Waals surface area contributed by atoms with Crippen LogP contribution in [0.2, 0.25) is 0 Å². The molecule has 1 saturated carbocycles. The van der Waals surface area contributed by atoms with Gasteiger partial charge in [-0.05, 0) is 54.9 Å². The van der Waals surface area contributed by atoms with Crippen LogP contribution in [-0.2, 0) is 12.8 Å². The average molecular weight is 355 g/mol. The Hall–Kier alpha value is -1.77. The van der Waals surface area contributed by atoms with Gasteiger partial charge in [-0.15, -0.1) is 0 Å². The number of hydrogen-bond acceptors (Lipinski definition) is 2. The molecule has 0 radical (unpaired) electrons. The molecule has 0 unspecified atom stereocenters. The zero-order chi connectivity index (χ0) is 18.4. The maximum absolute atomic E-state index is 14.0. The van der Waals surface area contributed by atoms with Crippen LogP contribution in [0.25, 0.3) is 11.3 Å². The highest BCUT2D eigenvalue weighted by Gasteiger charge is 2.20. The van der Waals surface area contributed by atoms with Gasteiger partial charge in [0.2, 0.25) is 0 Å². The third-order valence-corrected chi connectivity index (χ3v) is 5.92. The predicted molar refractivity (Wildman–Crippen MR) is 105 cm³/mol. The quantitative estimate of drug-likeness (QED) is 0.576. The molecule has 0 atom stereocenters. The highest BCUT2D eigenvalue weighted by Crippen LogP contribution is 2.33. The third kappa shape index (κ3) is 4.90. The lowest BCUT2D eigenvalue weighted by Crippen LogP contribution is -2.15. The summed E-state index contributed by atoms with van der Waals surface area (Å²) in [7, 11) is 0. The number of nitrogens with zero attached hydrogens (tertiary/aromatic N) is 2. The molecule has 1 fully saturated rings. The predicted octanol–water partition coefficient (Wildman–Crippen LogP) is 6.38. The standard InChI is InChI=1S/C23H31FN2/c1-3-5-17-6-8-18(9-7-17)10-13-21-14-15-23(26-25-21)20-12-11-19(4-2)22(24)16-20/h11-12,14-18H,3-10,13H2,1-2H3. The molecule has 0 N–H and O–H groups in total. The van der Waals surface area contributed by atoms with Crippen molar-refractivity contribution in [2.24, 2.45) is 11.8 Å². The number of rotatable bonds is 7. The van der Waals surface area contributed by atoms with E-state index in [4.69, 9.17) is 0 Å². The molecule has 140 valence electrons. The van der Waals surface area contributed by atoms with Gasteiger partial charge in [-0.2, -0.15) is 10.2 Å². The van der Waals surface area contributed by atoms with Gasteiger partial charge in [0.15, 0.2) is 0 Å². The molecule has 0 spiro atoms. The van der Waals surface area contributed by atoms with Gasteiger partial charge in [-0.1, -0.05) is 64.5 Å². The molecule has 2 aromatic rings. The summed E-state index contributed by atoms with van der Waals surface area (Å²) in [6.45, 7) is 4.25. The fraction of sp³-hybridized carbons (Fsp3) is 0.565. The van der Waals surface area contributed by atoms with Crippen LogP contribution in [0, 0.1) is 17.7 Å². The van der Waals surface area contributed by atoms with Crippen molar-refractivity contribution in [2.75, 3.05) is 0 Å².